The topological polar surface area (TPSA) is 78.0 Å². The Hall–Kier alpha value is -2.57. The Labute approximate surface area is 101 Å². The fourth-order valence-corrected chi connectivity index (χ4v) is 1.53. The number of benzene rings is 1. The average molecular weight is 249 g/mol. The second kappa shape index (κ2) is 4.74. The van der Waals surface area contributed by atoms with E-state index < -0.39 is 16.4 Å². The minimum absolute atomic E-state index is 0.275. The largest absolute Gasteiger partial charge is 0.332 e. The van der Waals surface area contributed by atoms with Crippen molar-refractivity contribution in [2.45, 2.75) is 6.54 Å². The number of imidazole rings is 1. The molecule has 1 heterocycles. The zero-order valence-electron chi connectivity index (χ0n) is 9.12. The summed E-state index contributed by atoms with van der Waals surface area (Å²) in [7, 11) is 0. The molecule has 18 heavy (non-hydrogen) atoms. The average Bonchev–Trinajstić information content (AvgIpc) is 2.76. The van der Waals surface area contributed by atoms with Gasteiger partial charge in [-0.1, -0.05) is 6.07 Å². The molecule has 0 amide bonds. The van der Waals surface area contributed by atoms with Crippen molar-refractivity contribution in [2.75, 3.05) is 0 Å². The van der Waals surface area contributed by atoms with Crippen molar-refractivity contribution in [1.82, 2.24) is 9.55 Å². The molecule has 6 nitrogen and oxygen atoms in total. The first-order chi connectivity index (χ1) is 8.60. The summed E-state index contributed by atoms with van der Waals surface area (Å²) in [6, 6.07) is 3.67. The number of rotatable bonds is 4. The summed E-state index contributed by atoms with van der Waals surface area (Å²) >= 11 is 0. The SMILES string of the molecule is O=Cc1cn(Cc2ccc([N+](=O)[O-])c(F)c2)cn1. The van der Waals surface area contributed by atoms with Gasteiger partial charge in [0.25, 0.3) is 0 Å². The van der Waals surface area contributed by atoms with Gasteiger partial charge < -0.3 is 4.57 Å². The van der Waals surface area contributed by atoms with Gasteiger partial charge in [-0.3, -0.25) is 14.9 Å². The van der Waals surface area contributed by atoms with E-state index in [1.807, 2.05) is 0 Å². The summed E-state index contributed by atoms with van der Waals surface area (Å²) in [5, 5.41) is 10.4. The zero-order chi connectivity index (χ0) is 13.1. The Morgan fingerprint density at radius 2 is 2.28 bits per heavy atom. The smallest absolute Gasteiger partial charge is 0.304 e. The minimum atomic E-state index is -0.881. The highest BCUT2D eigenvalue weighted by Gasteiger charge is 2.13. The zero-order valence-corrected chi connectivity index (χ0v) is 9.12. The molecule has 0 spiro atoms. The molecule has 0 atom stereocenters. The minimum Gasteiger partial charge on any atom is -0.332 e. The maximum atomic E-state index is 13.4. The van der Waals surface area contributed by atoms with Crippen molar-refractivity contribution in [3.05, 3.63) is 57.9 Å². The highest BCUT2D eigenvalue weighted by molar-refractivity contribution is 5.70. The molecule has 0 saturated heterocycles. The van der Waals surface area contributed by atoms with E-state index in [0.29, 0.717) is 11.8 Å². The number of carbonyl (C=O) groups is 1. The van der Waals surface area contributed by atoms with E-state index >= 15 is 0 Å². The molecule has 0 bridgehead atoms. The van der Waals surface area contributed by atoms with Crippen LogP contribution < -0.4 is 0 Å². The molecule has 0 radical (unpaired) electrons. The summed E-state index contributed by atoms with van der Waals surface area (Å²) in [5.41, 5.74) is 0.267. The molecule has 0 saturated carbocycles. The predicted octanol–water partition coefficient (Wildman–Crippen LogP) is 1.79. The van der Waals surface area contributed by atoms with Crippen molar-refractivity contribution in [3.8, 4) is 0 Å². The second-order valence-electron chi connectivity index (χ2n) is 3.63. The van der Waals surface area contributed by atoms with Gasteiger partial charge in [-0.25, -0.2) is 4.98 Å². The lowest BCUT2D eigenvalue weighted by atomic mass is 10.2. The molecule has 0 aliphatic heterocycles. The number of halogens is 1. The molecule has 2 rings (SSSR count). The van der Waals surface area contributed by atoms with Crippen LogP contribution in [0.2, 0.25) is 0 Å². The van der Waals surface area contributed by atoms with Crippen LogP contribution in [0.25, 0.3) is 0 Å². The maximum absolute atomic E-state index is 13.4. The summed E-state index contributed by atoms with van der Waals surface area (Å²) in [5.74, 6) is -0.881. The molecule has 92 valence electrons. The molecule has 0 N–H and O–H groups in total. The Balaban J connectivity index is 2.22. The van der Waals surface area contributed by atoms with Crippen molar-refractivity contribution in [3.63, 3.8) is 0 Å². The Bertz CT molecular complexity index is 609. The van der Waals surface area contributed by atoms with E-state index in [0.717, 1.165) is 12.1 Å². The number of nitro benzene ring substituents is 1. The fraction of sp³-hybridized carbons (Fsp3) is 0.0909. The molecule has 0 aliphatic rings. The van der Waals surface area contributed by atoms with E-state index in [4.69, 9.17) is 0 Å². The van der Waals surface area contributed by atoms with Crippen LogP contribution in [-0.4, -0.2) is 20.8 Å². The number of carbonyl (C=O) groups excluding carboxylic acids is 1. The van der Waals surface area contributed by atoms with Crippen LogP contribution in [0.15, 0.2) is 30.7 Å². The van der Waals surface area contributed by atoms with Gasteiger partial charge in [-0.05, 0) is 11.6 Å². The summed E-state index contributed by atoms with van der Waals surface area (Å²) < 4.78 is 14.9. The molecule has 0 unspecified atom stereocenters. The van der Waals surface area contributed by atoms with Crippen LogP contribution in [0.1, 0.15) is 16.1 Å². The van der Waals surface area contributed by atoms with Gasteiger partial charge in [-0.2, -0.15) is 4.39 Å². The molecule has 0 aliphatic carbocycles. The van der Waals surface area contributed by atoms with Crippen LogP contribution in [-0.2, 0) is 6.54 Å². The lowest BCUT2D eigenvalue weighted by molar-refractivity contribution is -0.387. The Morgan fingerprint density at radius 3 is 2.83 bits per heavy atom. The number of hydrogen-bond donors (Lipinski definition) is 0. The van der Waals surface area contributed by atoms with E-state index in [1.54, 1.807) is 4.57 Å². The van der Waals surface area contributed by atoms with Crippen molar-refractivity contribution in [2.24, 2.45) is 0 Å². The third-order valence-corrected chi connectivity index (χ3v) is 2.35. The molecule has 7 heteroatoms. The normalized spacial score (nSPS) is 10.3. The molecule has 1 aromatic carbocycles. The number of aldehydes is 1. The van der Waals surface area contributed by atoms with E-state index in [1.165, 1.54) is 18.6 Å². The van der Waals surface area contributed by atoms with Crippen LogP contribution in [0.4, 0.5) is 10.1 Å². The van der Waals surface area contributed by atoms with Gasteiger partial charge in [0, 0.05) is 18.8 Å². The van der Waals surface area contributed by atoms with Crippen molar-refractivity contribution >= 4 is 12.0 Å². The summed E-state index contributed by atoms with van der Waals surface area (Å²) in [4.78, 5) is 23.9. The van der Waals surface area contributed by atoms with Crippen molar-refractivity contribution < 1.29 is 14.1 Å². The van der Waals surface area contributed by atoms with Crippen molar-refractivity contribution in [1.29, 1.82) is 0 Å². The Kier molecular flexibility index (Phi) is 3.13. The Morgan fingerprint density at radius 1 is 1.50 bits per heavy atom. The molecule has 1 aromatic heterocycles. The highest BCUT2D eigenvalue weighted by atomic mass is 19.1. The first-order valence-electron chi connectivity index (χ1n) is 5.00. The first kappa shape index (κ1) is 11.9. The molecular weight excluding hydrogens is 241 g/mol. The van der Waals surface area contributed by atoms with E-state index in [2.05, 4.69) is 4.98 Å². The molecule has 0 fully saturated rings. The number of hydrogen-bond acceptors (Lipinski definition) is 4. The third kappa shape index (κ3) is 2.40. The van der Waals surface area contributed by atoms with Crippen LogP contribution in [0.3, 0.4) is 0 Å². The quantitative estimate of drug-likeness (QED) is 0.470. The van der Waals surface area contributed by atoms with Gasteiger partial charge in [-0.15, -0.1) is 0 Å². The van der Waals surface area contributed by atoms with Gasteiger partial charge in [0.2, 0.25) is 5.82 Å². The van der Waals surface area contributed by atoms with Gasteiger partial charge >= 0.3 is 5.69 Å². The van der Waals surface area contributed by atoms with Gasteiger partial charge in [0.15, 0.2) is 6.29 Å². The van der Waals surface area contributed by atoms with Crippen LogP contribution in [0.5, 0.6) is 0 Å². The molecule has 2 aromatic rings. The number of aromatic nitrogens is 2. The fourth-order valence-electron chi connectivity index (χ4n) is 1.53. The van der Waals surface area contributed by atoms with E-state index in [-0.39, 0.29) is 12.2 Å². The lowest BCUT2D eigenvalue weighted by Crippen LogP contribution is -1.99. The highest BCUT2D eigenvalue weighted by Crippen LogP contribution is 2.18. The molecular formula is C11H8FN3O3. The number of nitro groups is 1. The van der Waals surface area contributed by atoms with Crippen LogP contribution in [0, 0.1) is 15.9 Å². The number of nitrogens with zero attached hydrogens (tertiary/aromatic N) is 3. The standard InChI is InChI=1S/C11H8FN3O3/c12-10-3-8(1-2-11(10)15(17)18)4-14-5-9(6-16)13-7-14/h1-3,5-7H,4H2. The predicted molar refractivity (Wildman–Crippen MR) is 59.8 cm³/mol. The second-order valence-corrected chi connectivity index (χ2v) is 3.63. The lowest BCUT2D eigenvalue weighted by Gasteiger charge is -2.02. The monoisotopic (exact) mass is 249 g/mol. The van der Waals surface area contributed by atoms with Gasteiger partial charge in [0.05, 0.1) is 11.3 Å². The third-order valence-electron chi connectivity index (χ3n) is 2.35. The van der Waals surface area contributed by atoms with E-state index in [9.17, 15) is 19.3 Å². The summed E-state index contributed by atoms with van der Waals surface area (Å²) in [6.07, 6.45) is 3.54. The maximum Gasteiger partial charge on any atom is 0.304 e. The van der Waals surface area contributed by atoms with Gasteiger partial charge in [0.1, 0.15) is 5.69 Å². The van der Waals surface area contributed by atoms with Crippen LogP contribution >= 0.6 is 0 Å². The first-order valence-corrected chi connectivity index (χ1v) is 5.00. The summed E-state index contributed by atoms with van der Waals surface area (Å²) in [6.45, 7) is 0.287.